The van der Waals surface area contributed by atoms with Crippen LogP contribution in [0.3, 0.4) is 0 Å². The van der Waals surface area contributed by atoms with Crippen molar-refractivity contribution in [3.05, 3.63) is 18.1 Å². The van der Waals surface area contributed by atoms with Crippen molar-refractivity contribution in [1.82, 2.24) is 20.4 Å². The molecule has 2 N–H and O–H groups in total. The SMILES string of the molecule is O=C(O)C1CCNC(c2noc3nccnc23)C1. The number of aromatic nitrogens is 3. The molecule has 0 radical (unpaired) electrons. The summed E-state index contributed by atoms with van der Waals surface area (Å²) < 4.78 is 5.09. The molecule has 18 heavy (non-hydrogen) atoms. The molecule has 1 aliphatic rings. The lowest BCUT2D eigenvalue weighted by molar-refractivity contribution is -0.143. The highest BCUT2D eigenvalue weighted by Crippen LogP contribution is 2.29. The zero-order valence-electron chi connectivity index (χ0n) is 9.54. The van der Waals surface area contributed by atoms with Gasteiger partial charge in [0.25, 0.3) is 5.71 Å². The zero-order chi connectivity index (χ0) is 12.5. The molecule has 3 rings (SSSR count). The predicted octanol–water partition coefficient (Wildman–Crippen LogP) is 0.743. The third-order valence-electron chi connectivity index (χ3n) is 3.22. The second-order valence-corrected chi connectivity index (χ2v) is 4.34. The Morgan fingerprint density at radius 1 is 1.44 bits per heavy atom. The fourth-order valence-corrected chi connectivity index (χ4v) is 2.28. The van der Waals surface area contributed by atoms with Gasteiger partial charge in [0.05, 0.1) is 12.0 Å². The van der Waals surface area contributed by atoms with Gasteiger partial charge in [-0.05, 0) is 19.4 Å². The summed E-state index contributed by atoms with van der Waals surface area (Å²) in [4.78, 5) is 19.2. The number of rotatable bonds is 2. The topological polar surface area (TPSA) is 101 Å². The van der Waals surface area contributed by atoms with Crippen LogP contribution in [0, 0.1) is 5.92 Å². The fourth-order valence-electron chi connectivity index (χ4n) is 2.28. The molecule has 0 spiro atoms. The molecule has 0 bridgehead atoms. The van der Waals surface area contributed by atoms with Gasteiger partial charge in [0.15, 0.2) is 5.52 Å². The zero-order valence-corrected chi connectivity index (χ0v) is 9.54. The van der Waals surface area contributed by atoms with Gasteiger partial charge in [0, 0.05) is 12.4 Å². The maximum absolute atomic E-state index is 11.0. The number of hydrogen-bond acceptors (Lipinski definition) is 6. The van der Waals surface area contributed by atoms with E-state index in [0.29, 0.717) is 36.3 Å². The van der Waals surface area contributed by atoms with Gasteiger partial charge in [0.2, 0.25) is 0 Å². The van der Waals surface area contributed by atoms with Crippen molar-refractivity contribution in [2.24, 2.45) is 5.92 Å². The van der Waals surface area contributed by atoms with E-state index >= 15 is 0 Å². The van der Waals surface area contributed by atoms with Crippen LogP contribution in [-0.2, 0) is 4.79 Å². The van der Waals surface area contributed by atoms with E-state index in [1.54, 1.807) is 6.20 Å². The highest BCUT2D eigenvalue weighted by molar-refractivity contribution is 5.72. The molecule has 2 unspecified atom stereocenters. The molecule has 2 aromatic rings. The van der Waals surface area contributed by atoms with E-state index in [-0.39, 0.29) is 12.0 Å². The highest BCUT2D eigenvalue weighted by Gasteiger charge is 2.30. The molecular weight excluding hydrogens is 236 g/mol. The van der Waals surface area contributed by atoms with Crippen LogP contribution in [-0.4, -0.2) is 32.7 Å². The summed E-state index contributed by atoms with van der Waals surface area (Å²) in [6, 6.07) is -0.141. The summed E-state index contributed by atoms with van der Waals surface area (Å²) in [6.45, 7) is 0.649. The summed E-state index contributed by atoms with van der Waals surface area (Å²) in [5.41, 5.74) is 1.62. The second kappa shape index (κ2) is 4.34. The van der Waals surface area contributed by atoms with Crippen molar-refractivity contribution in [2.75, 3.05) is 6.54 Å². The Morgan fingerprint density at radius 3 is 3.11 bits per heavy atom. The maximum atomic E-state index is 11.0. The standard InChI is InChI=1S/C11H12N4O3/c16-11(17)6-1-2-12-7(5-6)8-9-10(18-15-8)14-4-3-13-9/h3-4,6-7,12H,1-2,5H2,(H,16,17). The molecule has 3 heterocycles. The number of hydrogen-bond donors (Lipinski definition) is 2. The van der Waals surface area contributed by atoms with E-state index in [2.05, 4.69) is 20.4 Å². The first-order valence-electron chi connectivity index (χ1n) is 5.78. The van der Waals surface area contributed by atoms with Gasteiger partial charge < -0.3 is 14.9 Å². The summed E-state index contributed by atoms with van der Waals surface area (Å²) in [7, 11) is 0. The first kappa shape index (κ1) is 11.1. The van der Waals surface area contributed by atoms with Crippen molar-refractivity contribution in [1.29, 1.82) is 0 Å². The van der Waals surface area contributed by atoms with E-state index < -0.39 is 5.97 Å². The monoisotopic (exact) mass is 248 g/mol. The summed E-state index contributed by atoms with van der Waals surface area (Å²) in [6.07, 6.45) is 4.23. The molecule has 2 atom stereocenters. The number of nitrogens with zero attached hydrogens (tertiary/aromatic N) is 3. The number of piperidine rings is 1. The molecule has 1 fully saturated rings. The van der Waals surface area contributed by atoms with Crippen molar-refractivity contribution in [3.63, 3.8) is 0 Å². The lowest BCUT2D eigenvalue weighted by Crippen LogP contribution is -2.35. The Balaban J connectivity index is 1.92. The molecule has 0 saturated carbocycles. The lowest BCUT2D eigenvalue weighted by Gasteiger charge is -2.26. The Labute approximate surface area is 102 Å². The van der Waals surface area contributed by atoms with Gasteiger partial charge in [-0.1, -0.05) is 5.16 Å². The Morgan fingerprint density at radius 2 is 2.28 bits per heavy atom. The van der Waals surface area contributed by atoms with E-state index in [1.165, 1.54) is 6.20 Å². The molecule has 0 amide bonds. The minimum absolute atomic E-state index is 0.141. The van der Waals surface area contributed by atoms with Crippen LogP contribution in [0.4, 0.5) is 0 Å². The van der Waals surface area contributed by atoms with Crippen LogP contribution in [0.5, 0.6) is 0 Å². The van der Waals surface area contributed by atoms with Crippen LogP contribution >= 0.6 is 0 Å². The normalized spacial score (nSPS) is 24.2. The molecule has 94 valence electrons. The van der Waals surface area contributed by atoms with E-state index in [9.17, 15) is 4.79 Å². The van der Waals surface area contributed by atoms with Crippen LogP contribution in [0.2, 0.25) is 0 Å². The number of carbonyl (C=O) groups is 1. The molecule has 0 aromatic carbocycles. The first-order chi connectivity index (χ1) is 8.75. The third kappa shape index (κ3) is 1.82. The molecule has 2 aromatic heterocycles. The quantitative estimate of drug-likeness (QED) is 0.808. The number of nitrogens with one attached hydrogen (secondary N) is 1. The minimum Gasteiger partial charge on any atom is -0.481 e. The average molecular weight is 248 g/mol. The van der Waals surface area contributed by atoms with Crippen molar-refractivity contribution >= 4 is 17.2 Å². The van der Waals surface area contributed by atoms with E-state index in [4.69, 9.17) is 9.63 Å². The van der Waals surface area contributed by atoms with Gasteiger partial charge in [-0.15, -0.1) is 0 Å². The molecular formula is C11H12N4O3. The van der Waals surface area contributed by atoms with Crippen LogP contribution in [0.25, 0.3) is 11.2 Å². The summed E-state index contributed by atoms with van der Waals surface area (Å²) in [5, 5.41) is 16.3. The molecule has 1 saturated heterocycles. The van der Waals surface area contributed by atoms with E-state index in [0.717, 1.165) is 0 Å². The van der Waals surface area contributed by atoms with Gasteiger partial charge in [-0.25, -0.2) is 9.97 Å². The maximum Gasteiger partial charge on any atom is 0.306 e. The van der Waals surface area contributed by atoms with Gasteiger partial charge >= 0.3 is 5.97 Å². The lowest BCUT2D eigenvalue weighted by atomic mass is 9.91. The number of carboxylic acid groups (broad SMARTS) is 1. The summed E-state index contributed by atoms with van der Waals surface area (Å²) >= 11 is 0. The van der Waals surface area contributed by atoms with Gasteiger partial charge in [-0.2, -0.15) is 0 Å². The Bertz CT molecular complexity index is 582. The fraction of sp³-hybridized carbons (Fsp3) is 0.455. The van der Waals surface area contributed by atoms with E-state index in [1.807, 2.05) is 0 Å². The third-order valence-corrected chi connectivity index (χ3v) is 3.22. The molecule has 7 nitrogen and oxygen atoms in total. The highest BCUT2D eigenvalue weighted by atomic mass is 16.5. The first-order valence-corrected chi connectivity index (χ1v) is 5.78. The minimum atomic E-state index is -0.764. The van der Waals surface area contributed by atoms with Crippen LogP contribution in [0.1, 0.15) is 24.6 Å². The number of aliphatic carboxylic acids is 1. The Hall–Kier alpha value is -2.02. The van der Waals surface area contributed by atoms with Crippen LogP contribution in [0.15, 0.2) is 16.9 Å². The summed E-state index contributed by atoms with van der Waals surface area (Å²) in [5.74, 6) is -1.11. The second-order valence-electron chi connectivity index (χ2n) is 4.34. The largest absolute Gasteiger partial charge is 0.481 e. The van der Waals surface area contributed by atoms with Gasteiger partial charge in [0.1, 0.15) is 5.69 Å². The predicted molar refractivity (Wildman–Crippen MR) is 60.7 cm³/mol. The number of carboxylic acids is 1. The molecule has 7 heteroatoms. The average Bonchev–Trinajstić information content (AvgIpc) is 2.82. The van der Waals surface area contributed by atoms with Crippen molar-refractivity contribution < 1.29 is 14.4 Å². The number of fused-ring (bicyclic) bond motifs is 1. The van der Waals surface area contributed by atoms with Crippen molar-refractivity contribution in [2.45, 2.75) is 18.9 Å². The molecule has 0 aliphatic carbocycles. The smallest absolute Gasteiger partial charge is 0.306 e. The van der Waals surface area contributed by atoms with Gasteiger partial charge in [-0.3, -0.25) is 4.79 Å². The molecule has 1 aliphatic heterocycles. The van der Waals surface area contributed by atoms with Crippen LogP contribution < -0.4 is 5.32 Å². The Kier molecular flexibility index (Phi) is 2.67. The van der Waals surface area contributed by atoms with Crippen molar-refractivity contribution in [3.8, 4) is 0 Å².